The quantitative estimate of drug-likeness (QED) is 0.836. The molecule has 2 fully saturated rings. The molecule has 122 valence electrons. The van der Waals surface area contributed by atoms with Gasteiger partial charge in [-0.2, -0.15) is 13.2 Å². The summed E-state index contributed by atoms with van der Waals surface area (Å²) in [4.78, 5) is 12.1. The third kappa shape index (κ3) is 4.57. The zero-order valence-corrected chi connectivity index (χ0v) is 12.2. The molecule has 0 aromatic rings. The molecule has 0 aromatic carbocycles. The van der Waals surface area contributed by atoms with Crippen LogP contribution < -0.4 is 10.6 Å². The van der Waals surface area contributed by atoms with Crippen molar-refractivity contribution in [3.05, 3.63) is 0 Å². The van der Waals surface area contributed by atoms with Gasteiger partial charge in [0.05, 0.1) is 18.6 Å². The number of rotatable bonds is 3. The Morgan fingerprint density at radius 2 is 2.14 bits per heavy atom. The molecule has 2 aliphatic rings. The van der Waals surface area contributed by atoms with Crippen LogP contribution >= 0.6 is 0 Å². The SMILES string of the molecule is C[C@H]1OCCN[C@@H]1C(=O)NCC1CCCC(C(F)(F)F)C1. The van der Waals surface area contributed by atoms with Crippen LogP contribution in [0.5, 0.6) is 0 Å². The summed E-state index contributed by atoms with van der Waals surface area (Å²) in [6, 6.07) is -0.416. The topological polar surface area (TPSA) is 50.4 Å². The zero-order valence-electron chi connectivity index (χ0n) is 12.2. The van der Waals surface area contributed by atoms with Gasteiger partial charge in [0.25, 0.3) is 0 Å². The Morgan fingerprint density at radius 1 is 1.38 bits per heavy atom. The Hall–Kier alpha value is -0.820. The van der Waals surface area contributed by atoms with Crippen molar-refractivity contribution in [3.8, 4) is 0 Å². The van der Waals surface area contributed by atoms with Crippen LogP contribution in [0.2, 0.25) is 0 Å². The zero-order chi connectivity index (χ0) is 15.5. The fraction of sp³-hybridized carbons (Fsp3) is 0.929. The van der Waals surface area contributed by atoms with Crippen LogP contribution in [0.25, 0.3) is 0 Å². The summed E-state index contributed by atoms with van der Waals surface area (Å²) in [5.41, 5.74) is 0. The smallest absolute Gasteiger partial charge is 0.375 e. The highest BCUT2D eigenvalue weighted by molar-refractivity contribution is 5.82. The summed E-state index contributed by atoms with van der Waals surface area (Å²) in [7, 11) is 0. The molecule has 0 spiro atoms. The van der Waals surface area contributed by atoms with Crippen LogP contribution in [-0.4, -0.2) is 43.9 Å². The van der Waals surface area contributed by atoms with Crippen molar-refractivity contribution in [1.82, 2.24) is 10.6 Å². The van der Waals surface area contributed by atoms with E-state index < -0.39 is 18.1 Å². The van der Waals surface area contributed by atoms with Gasteiger partial charge in [-0.05, 0) is 32.1 Å². The summed E-state index contributed by atoms with van der Waals surface area (Å²) in [5, 5.41) is 5.85. The van der Waals surface area contributed by atoms with E-state index in [-0.39, 0.29) is 30.8 Å². The van der Waals surface area contributed by atoms with Crippen molar-refractivity contribution < 1.29 is 22.7 Å². The average Bonchev–Trinajstić information content (AvgIpc) is 2.45. The molecule has 0 aromatic heterocycles. The van der Waals surface area contributed by atoms with Crippen LogP contribution in [0.15, 0.2) is 0 Å². The van der Waals surface area contributed by atoms with Gasteiger partial charge in [0.1, 0.15) is 6.04 Å². The Morgan fingerprint density at radius 3 is 2.81 bits per heavy atom. The maximum atomic E-state index is 12.7. The molecule has 7 heteroatoms. The highest BCUT2D eigenvalue weighted by atomic mass is 19.4. The third-order valence-corrected chi connectivity index (χ3v) is 4.41. The second kappa shape index (κ2) is 6.96. The minimum Gasteiger partial charge on any atom is -0.375 e. The maximum absolute atomic E-state index is 12.7. The van der Waals surface area contributed by atoms with Gasteiger partial charge in [-0.15, -0.1) is 0 Å². The summed E-state index contributed by atoms with van der Waals surface area (Å²) >= 11 is 0. The van der Waals surface area contributed by atoms with Crippen molar-refractivity contribution in [2.24, 2.45) is 11.8 Å². The molecule has 1 aliphatic heterocycles. The lowest BCUT2D eigenvalue weighted by Gasteiger charge is -2.32. The maximum Gasteiger partial charge on any atom is 0.391 e. The number of amides is 1. The van der Waals surface area contributed by atoms with Gasteiger partial charge in [-0.25, -0.2) is 0 Å². The number of carbonyl (C=O) groups excluding carboxylic acids is 1. The summed E-state index contributed by atoms with van der Waals surface area (Å²) in [6.07, 6.45) is -2.68. The van der Waals surface area contributed by atoms with Crippen molar-refractivity contribution in [2.45, 2.75) is 50.9 Å². The predicted molar refractivity (Wildman–Crippen MR) is 71.7 cm³/mol. The Balaban J connectivity index is 1.78. The predicted octanol–water partition coefficient (Wildman–Crippen LogP) is 1.85. The molecular weight excluding hydrogens is 285 g/mol. The second-order valence-corrected chi connectivity index (χ2v) is 6.02. The van der Waals surface area contributed by atoms with E-state index in [1.165, 1.54) is 0 Å². The molecule has 1 amide bonds. The summed E-state index contributed by atoms with van der Waals surface area (Å²) in [6.45, 7) is 3.32. The largest absolute Gasteiger partial charge is 0.391 e. The lowest BCUT2D eigenvalue weighted by atomic mass is 9.81. The van der Waals surface area contributed by atoms with Gasteiger partial charge in [-0.3, -0.25) is 4.79 Å². The first-order chi connectivity index (χ1) is 9.88. The van der Waals surface area contributed by atoms with Crippen molar-refractivity contribution in [2.75, 3.05) is 19.7 Å². The minimum absolute atomic E-state index is 0.0888. The molecule has 2 rings (SSSR count). The minimum atomic E-state index is -4.12. The van der Waals surface area contributed by atoms with E-state index in [1.807, 2.05) is 6.92 Å². The number of carbonyl (C=O) groups is 1. The number of hydrogen-bond donors (Lipinski definition) is 2. The van der Waals surface area contributed by atoms with E-state index in [9.17, 15) is 18.0 Å². The van der Waals surface area contributed by atoms with Gasteiger partial charge in [0.2, 0.25) is 5.91 Å². The monoisotopic (exact) mass is 308 g/mol. The third-order valence-electron chi connectivity index (χ3n) is 4.41. The Labute approximate surface area is 122 Å². The number of hydrogen-bond acceptors (Lipinski definition) is 3. The molecule has 21 heavy (non-hydrogen) atoms. The molecule has 1 saturated heterocycles. The molecule has 1 aliphatic carbocycles. The van der Waals surface area contributed by atoms with E-state index in [4.69, 9.17) is 4.74 Å². The molecule has 1 saturated carbocycles. The van der Waals surface area contributed by atoms with Crippen LogP contribution in [0, 0.1) is 11.8 Å². The normalized spacial score (nSPS) is 34.5. The molecule has 0 bridgehead atoms. The van der Waals surface area contributed by atoms with E-state index in [0.29, 0.717) is 26.1 Å². The van der Waals surface area contributed by atoms with Gasteiger partial charge in [0.15, 0.2) is 0 Å². The van der Waals surface area contributed by atoms with Gasteiger partial charge >= 0.3 is 6.18 Å². The van der Waals surface area contributed by atoms with Gasteiger partial charge in [0, 0.05) is 13.1 Å². The average molecular weight is 308 g/mol. The first-order valence-electron chi connectivity index (χ1n) is 7.57. The summed E-state index contributed by atoms with van der Waals surface area (Å²) < 4.78 is 43.6. The van der Waals surface area contributed by atoms with Crippen LogP contribution in [-0.2, 0) is 9.53 Å². The molecule has 0 radical (unpaired) electrons. The lowest BCUT2D eigenvalue weighted by Crippen LogP contribution is -2.56. The highest BCUT2D eigenvalue weighted by Gasteiger charge is 2.42. The number of ether oxygens (including phenoxy) is 1. The van der Waals surface area contributed by atoms with Gasteiger partial charge < -0.3 is 15.4 Å². The van der Waals surface area contributed by atoms with Crippen LogP contribution in [0.1, 0.15) is 32.6 Å². The fourth-order valence-electron chi connectivity index (χ4n) is 3.16. The Kier molecular flexibility index (Phi) is 5.48. The van der Waals surface area contributed by atoms with Crippen molar-refractivity contribution >= 4 is 5.91 Å². The van der Waals surface area contributed by atoms with Crippen LogP contribution in [0.4, 0.5) is 13.2 Å². The standard InChI is InChI=1S/C14H23F3N2O2/c1-9-12(18-5-6-21-9)13(20)19-8-10-3-2-4-11(7-10)14(15,16)17/h9-12,18H,2-8H2,1H3,(H,19,20)/t9-,10?,11?,12+/m1/s1. The number of nitrogens with one attached hydrogen (secondary N) is 2. The van der Waals surface area contributed by atoms with E-state index in [0.717, 1.165) is 6.42 Å². The van der Waals surface area contributed by atoms with Crippen molar-refractivity contribution in [3.63, 3.8) is 0 Å². The van der Waals surface area contributed by atoms with E-state index in [1.54, 1.807) is 0 Å². The molecule has 2 unspecified atom stereocenters. The number of morpholine rings is 1. The lowest BCUT2D eigenvalue weighted by molar-refractivity contribution is -0.185. The van der Waals surface area contributed by atoms with Gasteiger partial charge in [-0.1, -0.05) is 6.42 Å². The van der Waals surface area contributed by atoms with Crippen LogP contribution in [0.3, 0.4) is 0 Å². The second-order valence-electron chi connectivity index (χ2n) is 6.02. The molecule has 4 atom stereocenters. The first-order valence-corrected chi connectivity index (χ1v) is 7.57. The Bertz CT molecular complexity index is 363. The first kappa shape index (κ1) is 16.5. The van der Waals surface area contributed by atoms with E-state index in [2.05, 4.69) is 10.6 Å². The fourth-order valence-corrected chi connectivity index (χ4v) is 3.16. The number of halogens is 3. The molecule has 4 nitrogen and oxygen atoms in total. The summed E-state index contributed by atoms with van der Waals surface area (Å²) in [5.74, 6) is -1.49. The van der Waals surface area contributed by atoms with E-state index >= 15 is 0 Å². The molecule has 1 heterocycles. The highest BCUT2D eigenvalue weighted by Crippen LogP contribution is 2.39. The molecule has 2 N–H and O–H groups in total. The molecular formula is C14H23F3N2O2. The van der Waals surface area contributed by atoms with Crippen molar-refractivity contribution in [1.29, 1.82) is 0 Å². The number of alkyl halides is 3.